The van der Waals surface area contributed by atoms with Crippen LogP contribution in [-0.4, -0.2) is 49.3 Å². The minimum Gasteiger partial charge on any atom is -0.395 e. The molecule has 3 nitrogen and oxygen atoms in total. The molecule has 0 radical (unpaired) electrons. The summed E-state index contributed by atoms with van der Waals surface area (Å²) in [6, 6.07) is 0.281. The Morgan fingerprint density at radius 2 is 2.19 bits per heavy atom. The third-order valence-corrected chi connectivity index (χ3v) is 3.56. The van der Waals surface area contributed by atoms with Crippen molar-refractivity contribution in [3.63, 3.8) is 0 Å². The van der Waals surface area contributed by atoms with E-state index in [1.54, 1.807) is 0 Å². The maximum atomic E-state index is 9.22. The Morgan fingerprint density at radius 1 is 1.44 bits per heavy atom. The third-order valence-electron chi connectivity index (χ3n) is 3.56. The monoisotopic (exact) mass is 228 g/mol. The van der Waals surface area contributed by atoms with Crippen molar-refractivity contribution < 1.29 is 5.11 Å². The number of aliphatic hydroxyl groups excluding tert-OH is 1. The Morgan fingerprint density at radius 3 is 2.69 bits per heavy atom. The lowest BCUT2D eigenvalue weighted by Crippen LogP contribution is -2.38. The lowest BCUT2D eigenvalue weighted by molar-refractivity contribution is 0.182. The summed E-state index contributed by atoms with van der Waals surface area (Å²) >= 11 is 0. The number of rotatable bonds is 9. The highest BCUT2D eigenvalue weighted by molar-refractivity contribution is 4.74. The predicted octanol–water partition coefficient (Wildman–Crippen LogP) is 1.47. The number of nitrogens with one attached hydrogen (secondary N) is 1. The Bertz CT molecular complexity index is 171. The molecule has 0 spiro atoms. The largest absolute Gasteiger partial charge is 0.395 e. The zero-order valence-electron chi connectivity index (χ0n) is 10.9. The Balaban J connectivity index is 2.05. The molecule has 1 aliphatic carbocycles. The number of nitrogens with zero attached hydrogens (tertiary/aromatic N) is 1. The Hall–Kier alpha value is -0.120. The van der Waals surface area contributed by atoms with Crippen molar-refractivity contribution in [3.05, 3.63) is 0 Å². The minimum atomic E-state index is 0.261. The normalized spacial score (nSPS) is 18.8. The molecule has 1 atom stereocenters. The smallest absolute Gasteiger partial charge is 0.0585 e. The van der Waals surface area contributed by atoms with E-state index in [0.29, 0.717) is 0 Å². The van der Waals surface area contributed by atoms with E-state index in [1.165, 1.54) is 25.8 Å². The summed E-state index contributed by atoms with van der Waals surface area (Å²) in [5, 5.41) is 12.6. The molecule has 0 bridgehead atoms. The molecule has 1 fully saturated rings. The van der Waals surface area contributed by atoms with E-state index in [2.05, 4.69) is 24.2 Å². The van der Waals surface area contributed by atoms with E-state index in [-0.39, 0.29) is 12.6 Å². The van der Waals surface area contributed by atoms with Crippen molar-refractivity contribution in [2.45, 2.75) is 45.1 Å². The minimum absolute atomic E-state index is 0.261. The molecule has 2 N–H and O–H groups in total. The highest BCUT2D eigenvalue weighted by Crippen LogP contribution is 2.26. The first-order valence-corrected chi connectivity index (χ1v) is 6.79. The van der Waals surface area contributed by atoms with Crippen LogP contribution in [0.15, 0.2) is 0 Å². The van der Waals surface area contributed by atoms with E-state index in [9.17, 15) is 5.11 Å². The van der Waals surface area contributed by atoms with Crippen LogP contribution in [0.4, 0.5) is 0 Å². The molecule has 0 aromatic rings. The van der Waals surface area contributed by atoms with Crippen LogP contribution in [0.2, 0.25) is 0 Å². The second kappa shape index (κ2) is 8.04. The Labute approximate surface area is 100 Å². The Kier molecular flexibility index (Phi) is 7.01. The maximum Gasteiger partial charge on any atom is 0.0585 e. The maximum absolute atomic E-state index is 9.22. The molecule has 0 saturated heterocycles. The van der Waals surface area contributed by atoms with Crippen molar-refractivity contribution in [2.75, 3.05) is 33.3 Å². The van der Waals surface area contributed by atoms with Crippen molar-refractivity contribution in [2.24, 2.45) is 5.92 Å². The molecule has 0 amide bonds. The molecule has 1 unspecified atom stereocenters. The first-order chi connectivity index (χ1) is 7.76. The predicted molar refractivity (Wildman–Crippen MR) is 68.6 cm³/mol. The van der Waals surface area contributed by atoms with Crippen LogP contribution in [0, 0.1) is 5.92 Å². The summed E-state index contributed by atoms with van der Waals surface area (Å²) in [6.45, 7) is 5.77. The number of hydrogen-bond acceptors (Lipinski definition) is 3. The average Bonchev–Trinajstić information content (AvgIpc) is 2.24. The van der Waals surface area contributed by atoms with E-state index in [1.807, 2.05) is 0 Å². The second-order valence-corrected chi connectivity index (χ2v) is 5.18. The van der Waals surface area contributed by atoms with Gasteiger partial charge in [-0.2, -0.15) is 0 Å². The van der Waals surface area contributed by atoms with Gasteiger partial charge >= 0.3 is 0 Å². The molecular formula is C13H28N2O. The van der Waals surface area contributed by atoms with E-state index in [0.717, 1.165) is 31.8 Å². The molecule has 96 valence electrons. The highest BCUT2D eigenvalue weighted by atomic mass is 16.3. The summed E-state index contributed by atoms with van der Waals surface area (Å²) in [7, 11) is 2.20. The molecule has 0 aliphatic heterocycles. The van der Waals surface area contributed by atoms with E-state index < -0.39 is 0 Å². The first kappa shape index (κ1) is 13.9. The van der Waals surface area contributed by atoms with Crippen LogP contribution in [0.1, 0.15) is 39.0 Å². The molecule has 0 aromatic carbocycles. The molecule has 1 rings (SSSR count). The van der Waals surface area contributed by atoms with Gasteiger partial charge in [0.25, 0.3) is 0 Å². The molecule has 16 heavy (non-hydrogen) atoms. The van der Waals surface area contributed by atoms with Gasteiger partial charge in [0.15, 0.2) is 0 Å². The first-order valence-electron chi connectivity index (χ1n) is 6.79. The van der Waals surface area contributed by atoms with Gasteiger partial charge in [0.1, 0.15) is 0 Å². The van der Waals surface area contributed by atoms with Crippen molar-refractivity contribution >= 4 is 0 Å². The summed E-state index contributed by atoms with van der Waals surface area (Å²) in [5.74, 6) is 0.946. The van der Waals surface area contributed by atoms with Gasteiger partial charge in [-0.25, -0.2) is 0 Å². The van der Waals surface area contributed by atoms with Crippen molar-refractivity contribution in [1.82, 2.24) is 10.2 Å². The number of aliphatic hydroxyl groups is 1. The summed E-state index contributed by atoms with van der Waals surface area (Å²) < 4.78 is 0. The van der Waals surface area contributed by atoms with Gasteiger partial charge in [-0.1, -0.05) is 13.3 Å². The lowest BCUT2D eigenvalue weighted by Gasteiger charge is -2.30. The van der Waals surface area contributed by atoms with Crippen LogP contribution in [0.3, 0.4) is 0 Å². The lowest BCUT2D eigenvalue weighted by atomic mass is 9.85. The fourth-order valence-corrected chi connectivity index (χ4v) is 2.19. The topological polar surface area (TPSA) is 35.5 Å². The third kappa shape index (κ3) is 5.28. The number of hydrogen-bond donors (Lipinski definition) is 2. The van der Waals surface area contributed by atoms with Crippen LogP contribution < -0.4 is 5.32 Å². The van der Waals surface area contributed by atoms with Crippen LogP contribution in [0.5, 0.6) is 0 Å². The van der Waals surface area contributed by atoms with Gasteiger partial charge in [0, 0.05) is 12.6 Å². The summed E-state index contributed by atoms with van der Waals surface area (Å²) in [6.07, 6.45) is 6.45. The van der Waals surface area contributed by atoms with Gasteiger partial charge in [0.05, 0.1) is 6.61 Å². The standard InChI is InChI=1S/C13H28N2O/c1-3-8-14-13(11-16)7-9-15(2)10-12-5-4-6-12/h12-14,16H,3-11H2,1-2H3. The highest BCUT2D eigenvalue weighted by Gasteiger charge is 2.19. The molecule has 3 heteroatoms. The summed E-state index contributed by atoms with van der Waals surface area (Å²) in [4.78, 5) is 2.42. The van der Waals surface area contributed by atoms with Gasteiger partial charge in [-0.05, 0) is 51.7 Å². The van der Waals surface area contributed by atoms with Gasteiger partial charge in [0.2, 0.25) is 0 Å². The molecular weight excluding hydrogens is 200 g/mol. The zero-order chi connectivity index (χ0) is 11.8. The molecule has 1 aliphatic rings. The molecule has 0 aromatic heterocycles. The van der Waals surface area contributed by atoms with Gasteiger partial charge in [-0.15, -0.1) is 0 Å². The van der Waals surface area contributed by atoms with Crippen LogP contribution in [0.25, 0.3) is 0 Å². The average molecular weight is 228 g/mol. The van der Waals surface area contributed by atoms with E-state index in [4.69, 9.17) is 0 Å². The van der Waals surface area contributed by atoms with Crippen LogP contribution in [-0.2, 0) is 0 Å². The van der Waals surface area contributed by atoms with Crippen molar-refractivity contribution in [1.29, 1.82) is 0 Å². The fourth-order valence-electron chi connectivity index (χ4n) is 2.19. The van der Waals surface area contributed by atoms with Crippen LogP contribution >= 0.6 is 0 Å². The molecule has 0 heterocycles. The summed E-state index contributed by atoms with van der Waals surface area (Å²) in [5.41, 5.74) is 0. The quantitative estimate of drug-likeness (QED) is 0.627. The van der Waals surface area contributed by atoms with E-state index >= 15 is 0 Å². The SMILES string of the molecule is CCCNC(CO)CCN(C)CC1CCC1. The zero-order valence-corrected chi connectivity index (χ0v) is 10.9. The van der Waals surface area contributed by atoms with Gasteiger partial charge < -0.3 is 15.3 Å². The molecule has 1 saturated carbocycles. The van der Waals surface area contributed by atoms with Gasteiger partial charge in [-0.3, -0.25) is 0 Å². The second-order valence-electron chi connectivity index (χ2n) is 5.18. The fraction of sp³-hybridized carbons (Fsp3) is 1.00. The van der Waals surface area contributed by atoms with Crippen molar-refractivity contribution in [3.8, 4) is 0 Å².